The summed E-state index contributed by atoms with van der Waals surface area (Å²) in [5.74, 6) is 0.938. The summed E-state index contributed by atoms with van der Waals surface area (Å²) < 4.78 is 7.42. The Morgan fingerprint density at radius 3 is 2.47 bits per heavy atom. The van der Waals surface area contributed by atoms with Gasteiger partial charge in [-0.25, -0.2) is 9.97 Å². The number of nitrogens with two attached hydrogens (primary N) is 1. The topological polar surface area (TPSA) is 98.3 Å². The number of para-hydroxylation sites is 2. The molecule has 0 radical (unpaired) electrons. The van der Waals surface area contributed by atoms with Crippen molar-refractivity contribution in [3.05, 3.63) is 29.8 Å². The molecule has 8 heteroatoms. The van der Waals surface area contributed by atoms with Crippen molar-refractivity contribution in [1.29, 1.82) is 0 Å². The lowest BCUT2D eigenvalue weighted by Crippen LogP contribution is -2.37. The number of anilines is 1. The molecule has 8 nitrogen and oxygen atoms in total. The summed E-state index contributed by atoms with van der Waals surface area (Å²) in [5.41, 5.74) is 9.86. The van der Waals surface area contributed by atoms with Gasteiger partial charge < -0.3 is 20.4 Å². The standard InChI is InChI=1S/C26H38N6O2/c1-18(2)8-6-9-19(3)28-26(33)22-23-25(30-21-11-5-4-10-20(21)29-23)32(24(22)27)13-7-12-31-14-16-34-17-15-31/h4-5,10-11,18-19H,6-9,12-17,27H2,1-3H3,(H,28,33)/t19-/m1/s1. The maximum absolute atomic E-state index is 13.4. The molecule has 184 valence electrons. The number of aryl methyl sites for hydroxylation is 1. The molecule has 1 amide bonds. The van der Waals surface area contributed by atoms with Gasteiger partial charge in [-0.1, -0.05) is 38.8 Å². The Kier molecular flexibility index (Phi) is 8.00. The van der Waals surface area contributed by atoms with Gasteiger partial charge in [0.2, 0.25) is 0 Å². The van der Waals surface area contributed by atoms with E-state index in [0.717, 1.165) is 69.6 Å². The lowest BCUT2D eigenvalue weighted by atomic mass is 10.0. The summed E-state index contributed by atoms with van der Waals surface area (Å²) in [6, 6.07) is 7.81. The van der Waals surface area contributed by atoms with Gasteiger partial charge in [-0.2, -0.15) is 0 Å². The van der Waals surface area contributed by atoms with Crippen LogP contribution in [0.3, 0.4) is 0 Å². The fourth-order valence-electron chi connectivity index (χ4n) is 4.64. The van der Waals surface area contributed by atoms with Crippen molar-refractivity contribution in [2.24, 2.45) is 5.92 Å². The van der Waals surface area contributed by atoms with Gasteiger partial charge in [0.1, 0.15) is 16.9 Å². The fourth-order valence-corrected chi connectivity index (χ4v) is 4.64. The molecule has 0 aliphatic carbocycles. The summed E-state index contributed by atoms with van der Waals surface area (Å²) in [6.45, 7) is 11.6. The minimum atomic E-state index is -0.170. The highest BCUT2D eigenvalue weighted by atomic mass is 16.5. The van der Waals surface area contributed by atoms with Crippen LogP contribution in [0.4, 0.5) is 5.82 Å². The van der Waals surface area contributed by atoms with E-state index in [0.29, 0.717) is 35.0 Å². The molecule has 1 atom stereocenters. The van der Waals surface area contributed by atoms with Crippen LogP contribution in [0.2, 0.25) is 0 Å². The molecule has 0 bridgehead atoms. The third-order valence-corrected chi connectivity index (χ3v) is 6.57. The largest absolute Gasteiger partial charge is 0.384 e. The number of nitrogen functional groups attached to an aromatic ring is 1. The van der Waals surface area contributed by atoms with E-state index in [1.807, 2.05) is 28.8 Å². The fraction of sp³-hybridized carbons (Fsp3) is 0.577. The Balaban J connectivity index is 1.59. The molecular formula is C26H38N6O2. The molecule has 1 aliphatic heterocycles. The number of carbonyl (C=O) groups is 1. The molecule has 0 saturated carbocycles. The number of carbonyl (C=O) groups excluding carboxylic acids is 1. The Labute approximate surface area is 201 Å². The van der Waals surface area contributed by atoms with Crippen LogP contribution in [0, 0.1) is 5.92 Å². The second-order valence-corrected chi connectivity index (χ2v) is 9.80. The molecule has 2 aromatic heterocycles. The highest BCUT2D eigenvalue weighted by Crippen LogP contribution is 2.28. The van der Waals surface area contributed by atoms with Gasteiger partial charge in [0.05, 0.1) is 24.2 Å². The van der Waals surface area contributed by atoms with Gasteiger partial charge in [-0.15, -0.1) is 0 Å². The highest BCUT2D eigenvalue weighted by Gasteiger charge is 2.25. The Morgan fingerprint density at radius 2 is 1.76 bits per heavy atom. The average molecular weight is 467 g/mol. The first-order chi connectivity index (χ1) is 16.4. The van der Waals surface area contributed by atoms with Gasteiger partial charge in [0, 0.05) is 32.2 Å². The van der Waals surface area contributed by atoms with Crippen molar-refractivity contribution in [3.63, 3.8) is 0 Å². The maximum atomic E-state index is 13.4. The van der Waals surface area contributed by atoms with Gasteiger partial charge in [0.15, 0.2) is 5.65 Å². The molecule has 1 aliphatic rings. The maximum Gasteiger partial charge on any atom is 0.257 e. The first-order valence-corrected chi connectivity index (χ1v) is 12.6. The van der Waals surface area contributed by atoms with E-state index in [4.69, 9.17) is 20.4 Å². The zero-order chi connectivity index (χ0) is 24.1. The zero-order valence-corrected chi connectivity index (χ0v) is 20.7. The van der Waals surface area contributed by atoms with Crippen LogP contribution >= 0.6 is 0 Å². The molecule has 4 rings (SSSR count). The number of morpholine rings is 1. The van der Waals surface area contributed by atoms with Gasteiger partial charge in [-0.05, 0) is 37.8 Å². The van der Waals surface area contributed by atoms with Crippen LogP contribution in [0.25, 0.3) is 22.2 Å². The molecule has 3 aromatic rings. The summed E-state index contributed by atoms with van der Waals surface area (Å²) in [5, 5.41) is 3.15. The van der Waals surface area contributed by atoms with E-state index in [1.54, 1.807) is 0 Å². The van der Waals surface area contributed by atoms with E-state index >= 15 is 0 Å². The van der Waals surface area contributed by atoms with Crippen LogP contribution in [0.1, 0.15) is 56.8 Å². The predicted molar refractivity (Wildman–Crippen MR) is 137 cm³/mol. The molecule has 3 N–H and O–H groups in total. The molecular weight excluding hydrogens is 428 g/mol. The zero-order valence-electron chi connectivity index (χ0n) is 20.7. The van der Waals surface area contributed by atoms with Crippen LogP contribution in [-0.4, -0.2) is 64.2 Å². The number of ether oxygens (including phenoxy) is 1. The lowest BCUT2D eigenvalue weighted by molar-refractivity contribution is 0.0370. The normalized spacial score (nSPS) is 15.9. The molecule has 1 saturated heterocycles. The predicted octanol–water partition coefficient (Wildman–Crippen LogP) is 3.83. The number of rotatable bonds is 10. The van der Waals surface area contributed by atoms with Gasteiger partial charge in [0.25, 0.3) is 5.91 Å². The molecule has 34 heavy (non-hydrogen) atoms. The second kappa shape index (κ2) is 11.1. The Hall–Kier alpha value is -2.71. The van der Waals surface area contributed by atoms with Crippen molar-refractivity contribution in [2.45, 2.75) is 59.0 Å². The summed E-state index contributed by atoms with van der Waals surface area (Å²) in [4.78, 5) is 25.4. The summed E-state index contributed by atoms with van der Waals surface area (Å²) >= 11 is 0. The third kappa shape index (κ3) is 5.67. The van der Waals surface area contributed by atoms with Gasteiger partial charge in [-0.3, -0.25) is 9.69 Å². The Bertz CT molecular complexity index is 1120. The number of aromatic nitrogens is 3. The van der Waals surface area contributed by atoms with E-state index in [1.165, 1.54) is 0 Å². The van der Waals surface area contributed by atoms with E-state index < -0.39 is 0 Å². The number of nitrogens with one attached hydrogen (secondary N) is 1. The average Bonchev–Trinajstić information content (AvgIpc) is 3.08. The summed E-state index contributed by atoms with van der Waals surface area (Å²) in [6.07, 6.45) is 4.09. The number of benzene rings is 1. The molecule has 3 heterocycles. The second-order valence-electron chi connectivity index (χ2n) is 9.80. The third-order valence-electron chi connectivity index (χ3n) is 6.57. The van der Waals surface area contributed by atoms with Crippen LogP contribution < -0.4 is 11.1 Å². The van der Waals surface area contributed by atoms with Crippen molar-refractivity contribution >= 4 is 33.9 Å². The smallest absolute Gasteiger partial charge is 0.257 e. The monoisotopic (exact) mass is 466 g/mol. The van der Waals surface area contributed by atoms with E-state index in [-0.39, 0.29) is 11.9 Å². The number of hydrogen-bond acceptors (Lipinski definition) is 6. The van der Waals surface area contributed by atoms with Crippen LogP contribution in [0.15, 0.2) is 24.3 Å². The molecule has 1 fully saturated rings. The number of fused-ring (bicyclic) bond motifs is 2. The minimum Gasteiger partial charge on any atom is -0.384 e. The number of nitrogens with zero attached hydrogens (tertiary/aromatic N) is 4. The quantitative estimate of drug-likeness (QED) is 0.471. The minimum absolute atomic E-state index is 0.0683. The van der Waals surface area contributed by atoms with Crippen molar-refractivity contribution in [1.82, 2.24) is 24.8 Å². The van der Waals surface area contributed by atoms with Crippen molar-refractivity contribution in [3.8, 4) is 0 Å². The number of amides is 1. The SMILES string of the molecule is CC(C)CCC[C@@H](C)NC(=O)c1c(N)n(CCCN2CCOCC2)c2nc3ccccc3nc12. The van der Waals surface area contributed by atoms with Crippen LogP contribution in [-0.2, 0) is 11.3 Å². The Morgan fingerprint density at radius 1 is 1.06 bits per heavy atom. The molecule has 0 unspecified atom stereocenters. The first kappa shape index (κ1) is 24.4. The van der Waals surface area contributed by atoms with E-state index in [2.05, 4.69) is 31.0 Å². The highest BCUT2D eigenvalue weighted by molar-refractivity contribution is 6.10. The first-order valence-electron chi connectivity index (χ1n) is 12.6. The van der Waals surface area contributed by atoms with Gasteiger partial charge >= 0.3 is 0 Å². The van der Waals surface area contributed by atoms with Crippen LogP contribution in [0.5, 0.6) is 0 Å². The van der Waals surface area contributed by atoms with Crippen molar-refractivity contribution in [2.75, 3.05) is 38.6 Å². The molecule has 1 aromatic carbocycles. The summed E-state index contributed by atoms with van der Waals surface area (Å²) in [7, 11) is 0. The number of hydrogen-bond donors (Lipinski definition) is 2. The van der Waals surface area contributed by atoms with E-state index in [9.17, 15) is 4.79 Å². The van der Waals surface area contributed by atoms with Crippen molar-refractivity contribution < 1.29 is 9.53 Å². The lowest BCUT2D eigenvalue weighted by Gasteiger charge is -2.26. The molecule has 0 spiro atoms.